The lowest BCUT2D eigenvalue weighted by atomic mass is 10.1. The maximum atomic E-state index is 13.3. The molecule has 1 heterocycles. The molecule has 3 rings (SSSR count). The van der Waals surface area contributed by atoms with Gasteiger partial charge in [-0.3, -0.25) is 14.8 Å². The smallest absolute Gasteiger partial charge is 0.277 e. The van der Waals surface area contributed by atoms with Gasteiger partial charge in [0.2, 0.25) is 0 Å². The van der Waals surface area contributed by atoms with Crippen molar-refractivity contribution in [2.75, 3.05) is 11.2 Å². The zero-order valence-corrected chi connectivity index (χ0v) is 16.3. The fraction of sp³-hybridized carbons (Fsp3) is 0.111. The molecular weight excluding hydrogens is 431 g/mol. The van der Waals surface area contributed by atoms with E-state index in [0.29, 0.717) is 0 Å². The topological polar surface area (TPSA) is 83.1 Å². The van der Waals surface area contributed by atoms with Crippen LogP contribution < -0.4 is 4.90 Å². The molecular formula is C18H13ClF3N3O3S. The van der Waals surface area contributed by atoms with Crippen LogP contribution in [-0.2, 0) is 16.0 Å². The summed E-state index contributed by atoms with van der Waals surface area (Å²) < 4.78 is 63.5. The van der Waals surface area contributed by atoms with Crippen LogP contribution in [0.5, 0.6) is 0 Å². The van der Waals surface area contributed by atoms with E-state index < -0.39 is 33.2 Å². The van der Waals surface area contributed by atoms with Crippen LogP contribution in [0.3, 0.4) is 0 Å². The molecule has 2 aromatic carbocycles. The second kappa shape index (κ2) is 7.53. The van der Waals surface area contributed by atoms with Crippen molar-refractivity contribution in [3.8, 4) is 0 Å². The summed E-state index contributed by atoms with van der Waals surface area (Å²) in [5.41, 5.74) is -1.83. The Morgan fingerprint density at radius 3 is 2.31 bits per heavy atom. The monoisotopic (exact) mass is 443 g/mol. The predicted octanol–water partition coefficient (Wildman–Crippen LogP) is 4.46. The first-order valence-corrected chi connectivity index (χ1v) is 10.3. The first kappa shape index (κ1) is 20.9. The number of hydrogen-bond donors (Lipinski definition) is 1. The number of nitrogens with one attached hydrogen (secondary N) is 1. The third-order valence-corrected chi connectivity index (χ3v) is 5.27. The third-order valence-electron chi connectivity index (χ3n) is 3.93. The van der Waals surface area contributed by atoms with Gasteiger partial charge < -0.3 is 0 Å². The van der Waals surface area contributed by atoms with E-state index in [2.05, 4.69) is 5.10 Å². The molecule has 0 aliphatic heterocycles. The highest BCUT2D eigenvalue weighted by Gasteiger charge is 2.39. The van der Waals surface area contributed by atoms with E-state index in [1.165, 1.54) is 48.5 Å². The number of nitrogens with zero attached hydrogens (tertiary/aromatic N) is 2. The number of hydrogen-bond acceptors (Lipinski definition) is 4. The van der Waals surface area contributed by atoms with Gasteiger partial charge in [0, 0.05) is 11.3 Å². The molecule has 1 amide bonds. The Bertz CT molecular complexity index is 1180. The van der Waals surface area contributed by atoms with Crippen LogP contribution in [-0.4, -0.2) is 30.8 Å². The fourth-order valence-electron chi connectivity index (χ4n) is 2.64. The molecule has 1 N–H and O–H groups in total. The molecule has 11 heteroatoms. The second-order valence-electron chi connectivity index (χ2n) is 6.05. The van der Waals surface area contributed by atoms with Crippen molar-refractivity contribution < 1.29 is 26.4 Å². The number of halogens is 4. The number of aromatic amines is 1. The molecule has 0 saturated carbocycles. The molecule has 3 aromatic rings. The van der Waals surface area contributed by atoms with Crippen molar-refractivity contribution >= 4 is 38.7 Å². The number of sulfone groups is 1. The standard InChI is InChI=1S/C18H13ClF3N3O3S/c1-29(27,28)14-7-3-6-13(9-14)25(12-5-2-4-11(19)8-12)17(26)15-10-23-24-16(15)18(20,21)22/h2-10H,1H3,(H,23,24). The zero-order chi connectivity index (χ0) is 21.4. The van der Waals surface area contributed by atoms with Gasteiger partial charge in [-0.1, -0.05) is 23.7 Å². The largest absolute Gasteiger partial charge is 0.433 e. The van der Waals surface area contributed by atoms with Gasteiger partial charge in [0.05, 0.1) is 28.0 Å². The lowest BCUT2D eigenvalue weighted by Gasteiger charge is -2.24. The molecule has 0 atom stereocenters. The Morgan fingerprint density at radius 1 is 1.10 bits per heavy atom. The van der Waals surface area contributed by atoms with Crippen molar-refractivity contribution in [1.29, 1.82) is 0 Å². The highest BCUT2D eigenvalue weighted by Crippen LogP contribution is 2.35. The van der Waals surface area contributed by atoms with Crippen LogP contribution in [0.15, 0.2) is 59.6 Å². The fourth-order valence-corrected chi connectivity index (χ4v) is 3.48. The number of carbonyl (C=O) groups is 1. The first-order chi connectivity index (χ1) is 13.5. The minimum atomic E-state index is -4.84. The molecule has 0 saturated heterocycles. The Labute approximate surface area is 168 Å². The number of anilines is 2. The highest BCUT2D eigenvalue weighted by atomic mass is 35.5. The van der Waals surface area contributed by atoms with E-state index in [4.69, 9.17) is 11.6 Å². The van der Waals surface area contributed by atoms with Crippen molar-refractivity contribution in [3.05, 3.63) is 71.0 Å². The van der Waals surface area contributed by atoms with Gasteiger partial charge in [0.25, 0.3) is 5.91 Å². The van der Waals surface area contributed by atoms with Gasteiger partial charge in [-0.2, -0.15) is 18.3 Å². The van der Waals surface area contributed by atoms with Crippen LogP contribution in [0.4, 0.5) is 24.5 Å². The minimum Gasteiger partial charge on any atom is -0.277 e. The summed E-state index contributed by atoms with van der Waals surface area (Å²) in [7, 11) is -3.62. The van der Waals surface area contributed by atoms with E-state index in [1.807, 2.05) is 0 Å². The van der Waals surface area contributed by atoms with Crippen molar-refractivity contribution in [2.24, 2.45) is 0 Å². The number of H-pyrrole nitrogens is 1. The molecule has 0 radical (unpaired) electrons. The molecule has 0 fully saturated rings. The highest BCUT2D eigenvalue weighted by molar-refractivity contribution is 7.90. The predicted molar refractivity (Wildman–Crippen MR) is 101 cm³/mol. The number of amides is 1. The summed E-state index contributed by atoms with van der Waals surface area (Å²) in [4.78, 5) is 14.0. The second-order valence-corrected chi connectivity index (χ2v) is 8.50. The van der Waals surface area contributed by atoms with E-state index in [-0.39, 0.29) is 21.3 Å². The molecule has 0 bridgehead atoms. The minimum absolute atomic E-state index is 0.0505. The SMILES string of the molecule is CS(=O)(=O)c1cccc(N(C(=O)c2cn[nH]c2C(F)(F)F)c2cccc(Cl)c2)c1. The molecule has 152 valence electrons. The van der Waals surface area contributed by atoms with Gasteiger partial charge in [-0.05, 0) is 36.4 Å². The molecule has 1 aromatic heterocycles. The summed E-state index contributed by atoms with van der Waals surface area (Å²) in [6.45, 7) is 0. The number of rotatable bonds is 4. The number of alkyl halides is 3. The summed E-state index contributed by atoms with van der Waals surface area (Å²) in [6.07, 6.45) is -3.09. The third kappa shape index (κ3) is 4.43. The molecule has 29 heavy (non-hydrogen) atoms. The average Bonchev–Trinajstić information content (AvgIpc) is 3.12. The number of aromatic nitrogens is 2. The Balaban J connectivity index is 2.21. The maximum absolute atomic E-state index is 13.3. The van der Waals surface area contributed by atoms with E-state index in [1.54, 1.807) is 5.10 Å². The average molecular weight is 444 g/mol. The lowest BCUT2D eigenvalue weighted by Crippen LogP contribution is -2.28. The van der Waals surface area contributed by atoms with Gasteiger partial charge in [-0.15, -0.1) is 0 Å². The Morgan fingerprint density at radius 2 is 1.72 bits per heavy atom. The normalized spacial score (nSPS) is 12.0. The quantitative estimate of drug-likeness (QED) is 0.645. The van der Waals surface area contributed by atoms with Gasteiger partial charge in [0.15, 0.2) is 15.5 Å². The van der Waals surface area contributed by atoms with Gasteiger partial charge in [-0.25, -0.2) is 8.42 Å². The Kier molecular flexibility index (Phi) is 5.42. The van der Waals surface area contributed by atoms with Crippen molar-refractivity contribution in [1.82, 2.24) is 10.2 Å². The molecule has 6 nitrogen and oxygen atoms in total. The zero-order valence-electron chi connectivity index (χ0n) is 14.7. The summed E-state index contributed by atoms with van der Waals surface area (Å²) in [5, 5.41) is 5.37. The Hall–Kier alpha value is -2.85. The molecule has 0 aliphatic carbocycles. The number of benzene rings is 2. The van der Waals surface area contributed by atoms with E-state index >= 15 is 0 Å². The molecule has 0 spiro atoms. The van der Waals surface area contributed by atoms with Crippen LogP contribution in [0.25, 0.3) is 0 Å². The van der Waals surface area contributed by atoms with Gasteiger partial charge in [0.1, 0.15) is 0 Å². The first-order valence-electron chi connectivity index (χ1n) is 7.99. The summed E-state index contributed by atoms with van der Waals surface area (Å²) in [6, 6.07) is 11.2. The van der Waals surface area contributed by atoms with Crippen molar-refractivity contribution in [3.63, 3.8) is 0 Å². The van der Waals surface area contributed by atoms with Crippen LogP contribution in [0.2, 0.25) is 5.02 Å². The number of carbonyl (C=O) groups excluding carboxylic acids is 1. The summed E-state index contributed by atoms with van der Waals surface area (Å²) >= 11 is 5.98. The lowest BCUT2D eigenvalue weighted by molar-refractivity contribution is -0.141. The molecule has 0 unspecified atom stereocenters. The summed E-state index contributed by atoms with van der Waals surface area (Å²) in [5.74, 6) is -1.06. The van der Waals surface area contributed by atoms with E-state index in [9.17, 15) is 26.4 Å². The van der Waals surface area contributed by atoms with Crippen molar-refractivity contribution in [2.45, 2.75) is 11.1 Å². The van der Waals surface area contributed by atoms with Crippen LogP contribution in [0, 0.1) is 0 Å². The van der Waals surface area contributed by atoms with E-state index in [0.717, 1.165) is 17.4 Å². The molecule has 0 aliphatic rings. The van der Waals surface area contributed by atoms with Gasteiger partial charge >= 0.3 is 6.18 Å². The maximum Gasteiger partial charge on any atom is 0.433 e. The van der Waals surface area contributed by atoms with Crippen LogP contribution in [0.1, 0.15) is 16.1 Å². The van der Waals surface area contributed by atoms with Crippen LogP contribution >= 0.6 is 11.6 Å².